The molecule has 3 atom stereocenters. The summed E-state index contributed by atoms with van der Waals surface area (Å²) in [6, 6.07) is 0. The highest BCUT2D eigenvalue weighted by Gasteiger charge is 2.44. The number of rotatable bonds is 0. The molecular formula is C6H9Cl. The molecule has 0 bridgehead atoms. The maximum atomic E-state index is 5.84. The van der Waals surface area contributed by atoms with E-state index in [9.17, 15) is 0 Å². The van der Waals surface area contributed by atoms with Crippen LogP contribution < -0.4 is 0 Å². The third kappa shape index (κ3) is 0.567. The largest absolute Gasteiger partial charge is 0.123 e. The average molecular weight is 117 g/mol. The SMILES string of the molecule is ClC1C[C@@H]2C[C@@H]2C1. The first-order valence-corrected chi connectivity index (χ1v) is 3.44. The van der Waals surface area contributed by atoms with Gasteiger partial charge in [-0.3, -0.25) is 0 Å². The molecule has 0 radical (unpaired) electrons. The molecule has 2 fully saturated rings. The molecule has 1 unspecified atom stereocenters. The lowest BCUT2D eigenvalue weighted by atomic mass is 10.2. The van der Waals surface area contributed by atoms with Gasteiger partial charge >= 0.3 is 0 Å². The second-order valence-corrected chi connectivity index (χ2v) is 3.44. The van der Waals surface area contributed by atoms with Gasteiger partial charge in [0.25, 0.3) is 0 Å². The smallest absolute Gasteiger partial charge is 0.0341 e. The highest BCUT2D eigenvalue weighted by atomic mass is 35.5. The molecule has 0 aromatic rings. The molecule has 0 saturated heterocycles. The summed E-state index contributed by atoms with van der Waals surface area (Å²) in [5, 5.41) is 0.545. The standard InChI is InChI=1S/C6H9Cl/c7-6-2-4-1-5(4)3-6/h4-6H,1-3H2/t4-,5+,6?. The third-order valence-corrected chi connectivity index (χ3v) is 2.54. The predicted molar refractivity (Wildman–Crippen MR) is 30.5 cm³/mol. The van der Waals surface area contributed by atoms with Gasteiger partial charge in [-0.15, -0.1) is 11.6 Å². The van der Waals surface area contributed by atoms with E-state index in [0.717, 1.165) is 11.8 Å². The Labute approximate surface area is 48.9 Å². The van der Waals surface area contributed by atoms with Gasteiger partial charge in [-0.05, 0) is 31.1 Å². The van der Waals surface area contributed by atoms with Crippen LogP contribution in [0, 0.1) is 11.8 Å². The molecule has 7 heavy (non-hydrogen) atoms. The summed E-state index contributed by atoms with van der Waals surface area (Å²) >= 11 is 5.84. The zero-order valence-electron chi connectivity index (χ0n) is 4.23. The molecule has 0 aliphatic heterocycles. The van der Waals surface area contributed by atoms with E-state index in [0.29, 0.717) is 5.38 Å². The van der Waals surface area contributed by atoms with Gasteiger partial charge in [-0.1, -0.05) is 0 Å². The summed E-state index contributed by atoms with van der Waals surface area (Å²) in [5.74, 6) is 2.12. The molecule has 2 aliphatic carbocycles. The molecule has 0 nitrogen and oxygen atoms in total. The molecule has 0 heterocycles. The van der Waals surface area contributed by atoms with Crippen LogP contribution in [0.3, 0.4) is 0 Å². The van der Waals surface area contributed by atoms with Crippen molar-refractivity contribution in [2.45, 2.75) is 24.6 Å². The van der Waals surface area contributed by atoms with Gasteiger partial charge in [-0.2, -0.15) is 0 Å². The molecular weight excluding hydrogens is 108 g/mol. The minimum Gasteiger partial charge on any atom is -0.123 e. The van der Waals surface area contributed by atoms with Crippen molar-refractivity contribution in [2.24, 2.45) is 11.8 Å². The lowest BCUT2D eigenvalue weighted by Gasteiger charge is -1.95. The highest BCUT2D eigenvalue weighted by molar-refractivity contribution is 6.20. The summed E-state index contributed by atoms with van der Waals surface area (Å²) in [4.78, 5) is 0. The molecule has 0 N–H and O–H groups in total. The van der Waals surface area contributed by atoms with Crippen molar-refractivity contribution in [3.63, 3.8) is 0 Å². The van der Waals surface area contributed by atoms with Gasteiger partial charge in [0.05, 0.1) is 0 Å². The Morgan fingerprint density at radius 3 is 1.86 bits per heavy atom. The van der Waals surface area contributed by atoms with Gasteiger partial charge in [0.2, 0.25) is 0 Å². The van der Waals surface area contributed by atoms with E-state index in [1.807, 2.05) is 0 Å². The number of hydrogen-bond acceptors (Lipinski definition) is 0. The van der Waals surface area contributed by atoms with Crippen LogP contribution >= 0.6 is 11.6 Å². The van der Waals surface area contributed by atoms with Crippen LogP contribution in [0.4, 0.5) is 0 Å². The van der Waals surface area contributed by atoms with Crippen LogP contribution in [0.5, 0.6) is 0 Å². The lowest BCUT2D eigenvalue weighted by molar-refractivity contribution is 0.744. The zero-order valence-corrected chi connectivity index (χ0v) is 4.99. The summed E-state index contributed by atoms with van der Waals surface area (Å²) in [6.45, 7) is 0. The van der Waals surface area contributed by atoms with Gasteiger partial charge in [-0.25, -0.2) is 0 Å². The van der Waals surface area contributed by atoms with E-state index in [4.69, 9.17) is 11.6 Å². The monoisotopic (exact) mass is 116 g/mol. The van der Waals surface area contributed by atoms with Crippen molar-refractivity contribution in [3.8, 4) is 0 Å². The Balaban J connectivity index is 2.02. The fourth-order valence-corrected chi connectivity index (χ4v) is 2.10. The van der Waals surface area contributed by atoms with Crippen molar-refractivity contribution in [1.82, 2.24) is 0 Å². The van der Waals surface area contributed by atoms with Gasteiger partial charge in [0, 0.05) is 5.38 Å². The van der Waals surface area contributed by atoms with Crippen LogP contribution in [-0.4, -0.2) is 5.38 Å². The lowest BCUT2D eigenvalue weighted by Crippen LogP contribution is -1.90. The fourth-order valence-electron chi connectivity index (χ4n) is 1.64. The Bertz CT molecular complexity index is 80.2. The normalized spacial score (nSPS) is 57.0. The first kappa shape index (κ1) is 4.20. The van der Waals surface area contributed by atoms with E-state index >= 15 is 0 Å². The van der Waals surface area contributed by atoms with Crippen LogP contribution in [-0.2, 0) is 0 Å². The summed E-state index contributed by atoms with van der Waals surface area (Å²) < 4.78 is 0. The van der Waals surface area contributed by atoms with E-state index in [-0.39, 0.29) is 0 Å². The Morgan fingerprint density at radius 1 is 1.00 bits per heavy atom. The van der Waals surface area contributed by atoms with Crippen LogP contribution in [0.15, 0.2) is 0 Å². The molecule has 0 aromatic heterocycles. The van der Waals surface area contributed by atoms with Gasteiger partial charge < -0.3 is 0 Å². The summed E-state index contributed by atoms with van der Waals surface area (Å²) in [7, 11) is 0. The van der Waals surface area contributed by atoms with Crippen molar-refractivity contribution >= 4 is 11.6 Å². The zero-order chi connectivity index (χ0) is 4.85. The predicted octanol–water partition coefficient (Wildman–Crippen LogP) is 2.02. The van der Waals surface area contributed by atoms with E-state index in [1.54, 1.807) is 0 Å². The number of halogens is 1. The maximum Gasteiger partial charge on any atom is 0.0341 e. The molecule has 0 aromatic carbocycles. The van der Waals surface area contributed by atoms with Gasteiger partial charge in [0.15, 0.2) is 0 Å². The van der Waals surface area contributed by atoms with Crippen LogP contribution in [0.2, 0.25) is 0 Å². The van der Waals surface area contributed by atoms with Crippen molar-refractivity contribution < 1.29 is 0 Å². The van der Waals surface area contributed by atoms with Crippen LogP contribution in [0.25, 0.3) is 0 Å². The highest BCUT2D eigenvalue weighted by Crippen LogP contribution is 2.53. The van der Waals surface area contributed by atoms with E-state index in [1.165, 1.54) is 19.3 Å². The Kier molecular flexibility index (Phi) is 0.699. The summed E-state index contributed by atoms with van der Waals surface area (Å²) in [5.41, 5.74) is 0. The molecule has 2 rings (SSSR count). The number of hydrogen-bond donors (Lipinski definition) is 0. The molecule has 2 saturated carbocycles. The second kappa shape index (κ2) is 1.17. The quantitative estimate of drug-likeness (QED) is 0.425. The number of fused-ring (bicyclic) bond motifs is 1. The van der Waals surface area contributed by atoms with E-state index < -0.39 is 0 Å². The first-order chi connectivity index (χ1) is 3.36. The molecule has 0 spiro atoms. The van der Waals surface area contributed by atoms with E-state index in [2.05, 4.69) is 0 Å². The second-order valence-electron chi connectivity index (χ2n) is 2.82. The molecule has 0 amide bonds. The van der Waals surface area contributed by atoms with Crippen molar-refractivity contribution in [1.29, 1.82) is 0 Å². The number of alkyl halides is 1. The fraction of sp³-hybridized carbons (Fsp3) is 1.00. The first-order valence-electron chi connectivity index (χ1n) is 3.00. The minimum absolute atomic E-state index is 0.545. The van der Waals surface area contributed by atoms with Crippen LogP contribution in [0.1, 0.15) is 19.3 Å². The third-order valence-electron chi connectivity index (χ3n) is 2.19. The Morgan fingerprint density at radius 2 is 1.57 bits per heavy atom. The molecule has 2 aliphatic rings. The average Bonchev–Trinajstić information content (AvgIpc) is 2.15. The topological polar surface area (TPSA) is 0 Å². The maximum absolute atomic E-state index is 5.84. The summed E-state index contributed by atoms with van der Waals surface area (Å²) in [6.07, 6.45) is 4.11. The Hall–Kier alpha value is 0.290. The van der Waals surface area contributed by atoms with Crippen molar-refractivity contribution in [3.05, 3.63) is 0 Å². The molecule has 40 valence electrons. The van der Waals surface area contributed by atoms with Crippen molar-refractivity contribution in [2.75, 3.05) is 0 Å². The molecule has 1 heteroatoms. The van der Waals surface area contributed by atoms with Gasteiger partial charge in [0.1, 0.15) is 0 Å². The minimum atomic E-state index is 0.545.